The highest BCUT2D eigenvalue weighted by Crippen LogP contribution is 2.37. The van der Waals surface area contributed by atoms with E-state index in [9.17, 15) is 9.90 Å². The first-order valence-electron chi connectivity index (χ1n) is 7.60. The van der Waals surface area contributed by atoms with Crippen LogP contribution in [0.25, 0.3) is 0 Å². The fourth-order valence-electron chi connectivity index (χ4n) is 2.81. The molecule has 1 aromatic rings. The van der Waals surface area contributed by atoms with Gasteiger partial charge < -0.3 is 10.4 Å². The van der Waals surface area contributed by atoms with Crippen molar-refractivity contribution in [1.29, 1.82) is 0 Å². The average Bonchev–Trinajstić information content (AvgIpc) is 2.98. The lowest BCUT2D eigenvalue weighted by molar-refractivity contribution is -0.122. The molecule has 0 aromatic carbocycles. The average molecular weight is 310 g/mol. The predicted molar refractivity (Wildman–Crippen MR) is 85.5 cm³/mol. The van der Waals surface area contributed by atoms with Crippen molar-refractivity contribution in [2.75, 3.05) is 6.61 Å². The number of carbonyl (C=O) groups excluding carboxylic acids is 1. The van der Waals surface area contributed by atoms with Gasteiger partial charge in [0.25, 0.3) is 0 Å². The molecule has 1 aliphatic carbocycles. The van der Waals surface area contributed by atoms with Crippen LogP contribution in [0.5, 0.6) is 0 Å². The molecule has 5 heteroatoms. The molecule has 0 spiro atoms. The van der Waals surface area contributed by atoms with Crippen LogP contribution in [0.2, 0.25) is 0 Å². The standard InChI is InChI=1S/C16H26N2O2S/c1-15(2,3)14-17-11(9-21-14)8-13(20)18-12-6-5-7-16(12,4)10-19/h9,12,19H,5-8,10H2,1-4H3,(H,18,20). The van der Waals surface area contributed by atoms with E-state index in [1.54, 1.807) is 11.3 Å². The molecule has 2 rings (SSSR count). The number of hydrogen-bond donors (Lipinski definition) is 2. The Hall–Kier alpha value is -0.940. The third-order valence-corrected chi connectivity index (χ3v) is 5.63. The number of aliphatic hydroxyl groups is 1. The van der Waals surface area contributed by atoms with Gasteiger partial charge in [-0.2, -0.15) is 0 Å². The third kappa shape index (κ3) is 3.83. The monoisotopic (exact) mass is 310 g/mol. The predicted octanol–water partition coefficient (Wildman–Crippen LogP) is 2.65. The molecule has 2 unspecified atom stereocenters. The molecule has 21 heavy (non-hydrogen) atoms. The molecule has 0 radical (unpaired) electrons. The maximum Gasteiger partial charge on any atom is 0.226 e. The lowest BCUT2D eigenvalue weighted by Gasteiger charge is -2.30. The van der Waals surface area contributed by atoms with Crippen molar-refractivity contribution in [1.82, 2.24) is 10.3 Å². The summed E-state index contributed by atoms with van der Waals surface area (Å²) in [6, 6.07) is 0.0794. The van der Waals surface area contributed by atoms with E-state index in [0.29, 0.717) is 6.42 Å². The zero-order valence-corrected chi connectivity index (χ0v) is 14.2. The van der Waals surface area contributed by atoms with E-state index in [2.05, 4.69) is 31.1 Å². The number of amides is 1. The first-order valence-corrected chi connectivity index (χ1v) is 8.48. The highest BCUT2D eigenvalue weighted by Gasteiger charge is 2.39. The number of rotatable bonds is 4. The fraction of sp³-hybridized carbons (Fsp3) is 0.750. The van der Waals surface area contributed by atoms with Gasteiger partial charge in [0.2, 0.25) is 5.91 Å². The molecule has 1 amide bonds. The second-order valence-corrected chi connectivity index (χ2v) is 8.25. The van der Waals surface area contributed by atoms with Crippen LogP contribution >= 0.6 is 11.3 Å². The first kappa shape index (κ1) is 16.4. The maximum atomic E-state index is 12.2. The smallest absolute Gasteiger partial charge is 0.226 e. The molecule has 0 aliphatic heterocycles. The van der Waals surface area contributed by atoms with Crippen LogP contribution < -0.4 is 5.32 Å². The van der Waals surface area contributed by atoms with Gasteiger partial charge in [0, 0.05) is 22.3 Å². The van der Waals surface area contributed by atoms with Crippen molar-refractivity contribution in [2.24, 2.45) is 5.41 Å². The van der Waals surface area contributed by atoms with E-state index in [0.717, 1.165) is 30.0 Å². The summed E-state index contributed by atoms with van der Waals surface area (Å²) in [5, 5.41) is 15.6. The number of nitrogens with one attached hydrogen (secondary N) is 1. The van der Waals surface area contributed by atoms with Gasteiger partial charge in [-0.05, 0) is 12.8 Å². The zero-order chi connectivity index (χ0) is 15.7. The molecule has 1 saturated carbocycles. The molecule has 1 fully saturated rings. The first-order chi connectivity index (χ1) is 9.74. The van der Waals surface area contributed by atoms with Crippen molar-refractivity contribution in [3.05, 3.63) is 16.1 Å². The topological polar surface area (TPSA) is 62.2 Å². The van der Waals surface area contributed by atoms with Crippen molar-refractivity contribution in [3.8, 4) is 0 Å². The van der Waals surface area contributed by atoms with Crippen LogP contribution in [0.1, 0.15) is 57.7 Å². The van der Waals surface area contributed by atoms with Crippen molar-refractivity contribution < 1.29 is 9.90 Å². The van der Waals surface area contributed by atoms with Crippen LogP contribution in [-0.2, 0) is 16.6 Å². The molecule has 4 nitrogen and oxygen atoms in total. The molecule has 0 bridgehead atoms. The highest BCUT2D eigenvalue weighted by molar-refractivity contribution is 7.09. The van der Waals surface area contributed by atoms with E-state index >= 15 is 0 Å². The lowest BCUT2D eigenvalue weighted by Crippen LogP contribution is -2.45. The number of aromatic nitrogens is 1. The third-order valence-electron chi connectivity index (χ3n) is 4.31. The Kier molecular flexibility index (Phi) is 4.73. The largest absolute Gasteiger partial charge is 0.396 e. The summed E-state index contributed by atoms with van der Waals surface area (Å²) in [4.78, 5) is 16.8. The van der Waals surface area contributed by atoms with Crippen LogP contribution in [0.3, 0.4) is 0 Å². The van der Waals surface area contributed by atoms with Crippen LogP contribution in [-0.4, -0.2) is 28.6 Å². The van der Waals surface area contributed by atoms with Gasteiger partial charge >= 0.3 is 0 Å². The number of hydrogen-bond acceptors (Lipinski definition) is 4. The normalized spacial score (nSPS) is 26.0. The summed E-state index contributed by atoms with van der Waals surface area (Å²) in [7, 11) is 0. The second kappa shape index (κ2) is 6.05. The summed E-state index contributed by atoms with van der Waals surface area (Å²) in [5.74, 6) is 0.00679. The number of thiazole rings is 1. The van der Waals surface area contributed by atoms with Gasteiger partial charge in [-0.15, -0.1) is 11.3 Å². The molecular formula is C16H26N2O2S. The molecule has 1 aliphatic rings. The van der Waals surface area contributed by atoms with Crippen molar-refractivity contribution in [2.45, 2.75) is 64.8 Å². The van der Waals surface area contributed by atoms with E-state index in [-0.39, 0.29) is 29.4 Å². The summed E-state index contributed by atoms with van der Waals surface area (Å²) < 4.78 is 0. The number of aliphatic hydroxyl groups excluding tert-OH is 1. The minimum absolute atomic E-state index is 0.00679. The molecule has 0 saturated heterocycles. The molecule has 1 heterocycles. The van der Waals surface area contributed by atoms with E-state index in [4.69, 9.17) is 0 Å². The Balaban J connectivity index is 1.95. The maximum absolute atomic E-state index is 12.2. The van der Waals surface area contributed by atoms with E-state index < -0.39 is 0 Å². The van der Waals surface area contributed by atoms with Crippen LogP contribution in [0.15, 0.2) is 5.38 Å². The number of nitrogens with zero attached hydrogens (tertiary/aromatic N) is 1. The molecule has 118 valence electrons. The van der Waals surface area contributed by atoms with Gasteiger partial charge in [-0.3, -0.25) is 4.79 Å². The Morgan fingerprint density at radius 1 is 1.57 bits per heavy atom. The number of carbonyl (C=O) groups is 1. The van der Waals surface area contributed by atoms with Gasteiger partial charge in [-0.25, -0.2) is 4.98 Å². The van der Waals surface area contributed by atoms with Crippen molar-refractivity contribution in [3.63, 3.8) is 0 Å². The molecule has 2 atom stereocenters. The summed E-state index contributed by atoms with van der Waals surface area (Å²) in [5.41, 5.74) is 0.695. The van der Waals surface area contributed by atoms with Gasteiger partial charge in [-0.1, -0.05) is 34.1 Å². The highest BCUT2D eigenvalue weighted by atomic mass is 32.1. The van der Waals surface area contributed by atoms with Gasteiger partial charge in [0.15, 0.2) is 0 Å². The van der Waals surface area contributed by atoms with Crippen molar-refractivity contribution >= 4 is 17.2 Å². The summed E-state index contributed by atoms with van der Waals surface area (Å²) >= 11 is 1.61. The van der Waals surface area contributed by atoms with Gasteiger partial charge in [0.1, 0.15) is 0 Å². The Labute approximate surface area is 131 Å². The van der Waals surface area contributed by atoms with Gasteiger partial charge in [0.05, 0.1) is 23.7 Å². The van der Waals surface area contributed by atoms with E-state index in [1.165, 1.54) is 0 Å². The molecule has 2 N–H and O–H groups in total. The molecule has 1 aromatic heterocycles. The fourth-order valence-corrected chi connectivity index (χ4v) is 3.72. The van der Waals surface area contributed by atoms with Crippen LogP contribution in [0, 0.1) is 5.41 Å². The second-order valence-electron chi connectivity index (χ2n) is 7.40. The minimum atomic E-state index is -0.172. The summed E-state index contributed by atoms with van der Waals surface area (Å²) in [6.07, 6.45) is 3.31. The minimum Gasteiger partial charge on any atom is -0.396 e. The van der Waals surface area contributed by atoms with Crippen LogP contribution in [0.4, 0.5) is 0 Å². The lowest BCUT2D eigenvalue weighted by atomic mass is 9.86. The zero-order valence-electron chi connectivity index (χ0n) is 13.4. The molecular weight excluding hydrogens is 284 g/mol. The quantitative estimate of drug-likeness (QED) is 0.898. The van der Waals surface area contributed by atoms with E-state index in [1.807, 2.05) is 12.3 Å². The Morgan fingerprint density at radius 2 is 2.29 bits per heavy atom. The Morgan fingerprint density at radius 3 is 2.86 bits per heavy atom. The Bertz CT molecular complexity index is 507. The summed E-state index contributed by atoms with van der Waals surface area (Å²) in [6.45, 7) is 8.55. The SMILES string of the molecule is CC(C)(C)c1nc(CC(=O)NC2CCCC2(C)CO)cs1.